The molecule has 3 nitrogen and oxygen atoms in total. The fourth-order valence-corrected chi connectivity index (χ4v) is 1.88. The zero-order valence-corrected chi connectivity index (χ0v) is 12.0. The SMILES string of the molecule is CCCCOc1cccc(P=O)c1OCCCC. The summed E-state index contributed by atoms with van der Waals surface area (Å²) in [6.07, 6.45) is 4.15. The van der Waals surface area contributed by atoms with E-state index in [1.54, 1.807) is 6.07 Å². The van der Waals surface area contributed by atoms with Crippen LogP contribution in [0.5, 0.6) is 11.5 Å². The van der Waals surface area contributed by atoms with Gasteiger partial charge in [-0.2, -0.15) is 0 Å². The van der Waals surface area contributed by atoms with E-state index in [4.69, 9.17) is 9.47 Å². The fourth-order valence-electron chi connectivity index (χ4n) is 1.48. The highest BCUT2D eigenvalue weighted by Gasteiger charge is 2.11. The molecule has 0 radical (unpaired) electrons. The molecular weight excluding hydrogens is 247 g/mol. The molecule has 18 heavy (non-hydrogen) atoms. The largest absolute Gasteiger partial charge is 0.490 e. The van der Waals surface area contributed by atoms with Crippen molar-refractivity contribution in [2.24, 2.45) is 0 Å². The lowest BCUT2D eigenvalue weighted by atomic mass is 10.3. The lowest BCUT2D eigenvalue weighted by molar-refractivity contribution is 0.263. The first-order chi connectivity index (χ1) is 8.83. The summed E-state index contributed by atoms with van der Waals surface area (Å²) in [6.45, 7) is 5.53. The Balaban J connectivity index is 2.75. The predicted octanol–water partition coefficient (Wildman–Crippen LogP) is 3.96. The van der Waals surface area contributed by atoms with Crippen LogP contribution in [0.15, 0.2) is 18.2 Å². The fraction of sp³-hybridized carbons (Fsp3) is 0.571. The van der Waals surface area contributed by atoms with Crippen LogP contribution in [0.3, 0.4) is 0 Å². The molecule has 0 heterocycles. The Morgan fingerprint density at radius 1 is 1.06 bits per heavy atom. The third-order valence-electron chi connectivity index (χ3n) is 2.56. The van der Waals surface area contributed by atoms with Gasteiger partial charge in [-0.25, -0.2) is 0 Å². The minimum atomic E-state index is -0.0303. The summed E-state index contributed by atoms with van der Waals surface area (Å²) in [5.74, 6) is 1.32. The van der Waals surface area contributed by atoms with Crippen molar-refractivity contribution in [1.29, 1.82) is 0 Å². The van der Waals surface area contributed by atoms with Gasteiger partial charge in [-0.1, -0.05) is 32.8 Å². The summed E-state index contributed by atoms with van der Waals surface area (Å²) in [4.78, 5) is 0. The van der Waals surface area contributed by atoms with E-state index in [0.717, 1.165) is 25.7 Å². The first-order valence-electron chi connectivity index (χ1n) is 6.55. The van der Waals surface area contributed by atoms with Crippen LogP contribution < -0.4 is 14.8 Å². The maximum absolute atomic E-state index is 11.1. The van der Waals surface area contributed by atoms with Gasteiger partial charge in [0.15, 0.2) is 20.0 Å². The Kier molecular flexibility index (Phi) is 7.43. The van der Waals surface area contributed by atoms with Gasteiger partial charge < -0.3 is 9.47 Å². The highest BCUT2D eigenvalue weighted by molar-refractivity contribution is 7.34. The zero-order valence-electron chi connectivity index (χ0n) is 11.1. The van der Waals surface area contributed by atoms with E-state index in [9.17, 15) is 4.57 Å². The topological polar surface area (TPSA) is 35.5 Å². The molecule has 0 N–H and O–H groups in total. The number of benzene rings is 1. The molecule has 0 atom stereocenters. The number of hydrogen-bond donors (Lipinski definition) is 0. The van der Waals surface area contributed by atoms with Crippen LogP contribution in [0.4, 0.5) is 0 Å². The normalized spacial score (nSPS) is 10.6. The molecule has 0 bridgehead atoms. The number of para-hydroxylation sites is 1. The van der Waals surface area contributed by atoms with Gasteiger partial charge in [0, 0.05) is 0 Å². The van der Waals surface area contributed by atoms with Gasteiger partial charge in [-0.05, 0) is 25.0 Å². The van der Waals surface area contributed by atoms with E-state index < -0.39 is 0 Å². The van der Waals surface area contributed by atoms with Crippen molar-refractivity contribution in [2.45, 2.75) is 39.5 Å². The molecule has 1 rings (SSSR count). The molecular formula is C14H21O3P. The standard InChI is InChI=1S/C14H21O3P/c1-3-5-10-16-12-8-7-9-13(18-15)14(12)17-11-6-4-2/h7-9H,3-6,10-11H2,1-2H3. The van der Waals surface area contributed by atoms with Crippen molar-refractivity contribution in [3.8, 4) is 11.5 Å². The second kappa shape index (κ2) is 8.93. The number of rotatable bonds is 9. The first kappa shape index (κ1) is 15.0. The van der Waals surface area contributed by atoms with Gasteiger partial charge in [-0.3, -0.25) is 4.57 Å². The molecule has 0 unspecified atom stereocenters. The molecule has 1 aromatic rings. The van der Waals surface area contributed by atoms with Gasteiger partial charge in [0.1, 0.15) is 0 Å². The van der Waals surface area contributed by atoms with E-state index in [1.165, 1.54) is 0 Å². The Hall–Kier alpha value is -1.08. The van der Waals surface area contributed by atoms with E-state index in [2.05, 4.69) is 13.8 Å². The van der Waals surface area contributed by atoms with Crippen LogP contribution in [0, 0.1) is 0 Å². The average Bonchev–Trinajstić information content (AvgIpc) is 2.40. The van der Waals surface area contributed by atoms with E-state index in [1.807, 2.05) is 12.1 Å². The van der Waals surface area contributed by atoms with Gasteiger partial charge in [0.05, 0.1) is 18.5 Å². The Morgan fingerprint density at radius 2 is 1.72 bits per heavy atom. The van der Waals surface area contributed by atoms with Crippen molar-refractivity contribution in [2.75, 3.05) is 13.2 Å². The van der Waals surface area contributed by atoms with Crippen molar-refractivity contribution in [3.63, 3.8) is 0 Å². The molecule has 1 aromatic carbocycles. The number of unbranched alkanes of at least 4 members (excludes halogenated alkanes) is 2. The molecule has 0 aliphatic carbocycles. The maximum atomic E-state index is 11.1. The number of hydrogen-bond acceptors (Lipinski definition) is 3. The lowest BCUT2D eigenvalue weighted by Gasteiger charge is -2.13. The zero-order chi connectivity index (χ0) is 13.2. The summed E-state index contributed by atoms with van der Waals surface area (Å²) in [5, 5.41) is 0.653. The molecule has 100 valence electrons. The highest BCUT2D eigenvalue weighted by atomic mass is 31.1. The molecule has 0 aliphatic heterocycles. The summed E-state index contributed by atoms with van der Waals surface area (Å²) >= 11 is 0. The molecule has 0 spiro atoms. The van der Waals surface area contributed by atoms with Crippen LogP contribution >= 0.6 is 8.46 Å². The van der Waals surface area contributed by atoms with Crippen LogP contribution in [0.2, 0.25) is 0 Å². The van der Waals surface area contributed by atoms with Gasteiger partial charge in [0.2, 0.25) is 0 Å². The predicted molar refractivity (Wildman–Crippen MR) is 74.5 cm³/mol. The molecule has 0 aromatic heterocycles. The minimum absolute atomic E-state index is 0.0303. The van der Waals surface area contributed by atoms with E-state index in [0.29, 0.717) is 30.0 Å². The van der Waals surface area contributed by atoms with Crippen LogP contribution in [-0.2, 0) is 4.57 Å². The maximum Gasteiger partial charge on any atom is 0.196 e. The molecule has 0 fully saturated rings. The van der Waals surface area contributed by atoms with Crippen molar-refractivity contribution in [1.82, 2.24) is 0 Å². The van der Waals surface area contributed by atoms with Crippen LogP contribution in [0.1, 0.15) is 39.5 Å². The van der Waals surface area contributed by atoms with Gasteiger partial charge >= 0.3 is 0 Å². The van der Waals surface area contributed by atoms with Crippen LogP contribution in [0.25, 0.3) is 0 Å². The van der Waals surface area contributed by atoms with Crippen molar-refractivity contribution >= 4 is 13.8 Å². The van der Waals surface area contributed by atoms with Crippen molar-refractivity contribution < 1.29 is 14.0 Å². The van der Waals surface area contributed by atoms with Gasteiger partial charge in [-0.15, -0.1) is 0 Å². The smallest absolute Gasteiger partial charge is 0.196 e. The molecule has 0 aliphatic rings. The molecule has 0 saturated heterocycles. The second-order valence-electron chi connectivity index (χ2n) is 4.10. The summed E-state index contributed by atoms with van der Waals surface area (Å²) in [6, 6.07) is 5.50. The third kappa shape index (κ3) is 4.66. The number of ether oxygens (including phenoxy) is 2. The summed E-state index contributed by atoms with van der Waals surface area (Å²) in [5.41, 5.74) is 0. The van der Waals surface area contributed by atoms with Gasteiger partial charge in [0.25, 0.3) is 0 Å². The average molecular weight is 268 g/mol. The molecule has 0 saturated carbocycles. The third-order valence-corrected chi connectivity index (χ3v) is 3.11. The van der Waals surface area contributed by atoms with E-state index in [-0.39, 0.29) is 8.46 Å². The Morgan fingerprint density at radius 3 is 2.33 bits per heavy atom. The first-order valence-corrected chi connectivity index (χ1v) is 7.36. The summed E-state index contributed by atoms with van der Waals surface area (Å²) in [7, 11) is -0.0303. The highest BCUT2D eigenvalue weighted by Crippen LogP contribution is 2.27. The Labute approximate surface area is 111 Å². The second-order valence-corrected chi connectivity index (χ2v) is 4.76. The Bertz CT molecular complexity index is 366. The quantitative estimate of drug-likeness (QED) is 0.502. The van der Waals surface area contributed by atoms with E-state index >= 15 is 0 Å². The van der Waals surface area contributed by atoms with Crippen molar-refractivity contribution in [3.05, 3.63) is 18.2 Å². The monoisotopic (exact) mass is 268 g/mol. The lowest BCUT2D eigenvalue weighted by Crippen LogP contribution is -2.08. The molecule has 0 amide bonds. The van der Waals surface area contributed by atoms with Crippen LogP contribution in [-0.4, -0.2) is 13.2 Å². The molecule has 4 heteroatoms. The minimum Gasteiger partial charge on any atom is -0.490 e. The summed E-state index contributed by atoms with van der Waals surface area (Å²) < 4.78 is 22.5.